The lowest BCUT2D eigenvalue weighted by atomic mass is 9.83. The lowest BCUT2D eigenvalue weighted by molar-refractivity contribution is -0.0896. The minimum absolute atomic E-state index is 0.00908. The van der Waals surface area contributed by atoms with Gasteiger partial charge in [-0.2, -0.15) is 0 Å². The van der Waals surface area contributed by atoms with Gasteiger partial charge in [0.25, 0.3) is 0 Å². The van der Waals surface area contributed by atoms with Crippen LogP contribution in [0.15, 0.2) is 59.6 Å². The summed E-state index contributed by atoms with van der Waals surface area (Å²) in [4.78, 5) is 19.8. The predicted molar refractivity (Wildman–Crippen MR) is 175 cm³/mol. The molecule has 230 valence electrons. The van der Waals surface area contributed by atoms with Gasteiger partial charge in [-0.15, -0.1) is 0 Å². The maximum atomic E-state index is 12.9. The first-order chi connectivity index (χ1) is 20.8. The van der Waals surface area contributed by atoms with E-state index in [9.17, 15) is 4.79 Å². The van der Waals surface area contributed by atoms with Gasteiger partial charge in [-0.3, -0.25) is 9.89 Å². The maximum Gasteiger partial charge on any atom is 0.410 e. The third-order valence-corrected chi connectivity index (χ3v) is 10.0. The van der Waals surface area contributed by atoms with Crippen molar-refractivity contribution in [1.29, 1.82) is 0 Å². The van der Waals surface area contributed by atoms with Crippen LogP contribution in [0.2, 0.25) is 0 Å². The molecule has 3 heterocycles. The summed E-state index contributed by atoms with van der Waals surface area (Å²) >= 11 is 0. The zero-order valence-corrected chi connectivity index (χ0v) is 27.1. The molecule has 1 aliphatic carbocycles. The molecule has 6 nitrogen and oxygen atoms in total. The van der Waals surface area contributed by atoms with Gasteiger partial charge in [0.1, 0.15) is 5.60 Å². The molecule has 2 fully saturated rings. The van der Waals surface area contributed by atoms with Gasteiger partial charge in [0.2, 0.25) is 0 Å². The van der Waals surface area contributed by atoms with Gasteiger partial charge in [0, 0.05) is 24.2 Å². The summed E-state index contributed by atoms with van der Waals surface area (Å²) in [6, 6.07) is 20.2. The Labute approximate surface area is 261 Å². The van der Waals surface area contributed by atoms with E-state index in [1.54, 1.807) is 0 Å². The van der Waals surface area contributed by atoms with Crippen LogP contribution in [-0.2, 0) is 33.5 Å². The predicted octanol–water partition coefficient (Wildman–Crippen LogP) is 8.75. The smallest absolute Gasteiger partial charge is 0.410 e. The van der Waals surface area contributed by atoms with Crippen molar-refractivity contribution in [3.8, 4) is 22.3 Å². The molecule has 0 radical (unpaired) electrons. The lowest BCUT2D eigenvalue weighted by Gasteiger charge is -2.30. The van der Waals surface area contributed by atoms with Crippen molar-refractivity contribution in [1.82, 2.24) is 4.90 Å². The number of carbonyl (C=O) groups is 1. The molecule has 7 rings (SSSR count). The molecule has 2 saturated heterocycles. The number of rotatable bonds is 3. The lowest BCUT2D eigenvalue weighted by Crippen LogP contribution is -2.43. The Morgan fingerprint density at radius 1 is 0.864 bits per heavy atom. The molecule has 3 aromatic carbocycles. The fraction of sp³-hybridized carbons (Fsp3) is 0.474. The molecule has 3 aromatic rings. The van der Waals surface area contributed by atoms with E-state index in [4.69, 9.17) is 19.2 Å². The topological polar surface area (TPSA) is 60.4 Å². The highest BCUT2D eigenvalue weighted by atomic mass is 16.7. The van der Waals surface area contributed by atoms with E-state index in [-0.39, 0.29) is 29.6 Å². The summed E-state index contributed by atoms with van der Waals surface area (Å²) in [6.07, 6.45) is 4.11. The SMILES string of the molecule is CC(C)(C)OC(=O)N1CCC[C@H]1C1=Nc2ccc(-c3ccc4c(c3)CCc3cc(C5OC(C)(C)C(C)(C)O5)ccc3-4)cc2C1. The summed E-state index contributed by atoms with van der Waals surface area (Å²) in [5.74, 6) is 0. The molecule has 0 aromatic heterocycles. The third-order valence-electron chi connectivity index (χ3n) is 10.0. The summed E-state index contributed by atoms with van der Waals surface area (Å²) in [5.41, 5.74) is 11.0. The molecular formula is C38H44N2O4. The second-order valence-electron chi connectivity index (χ2n) is 14.8. The van der Waals surface area contributed by atoms with Crippen LogP contribution >= 0.6 is 0 Å². The van der Waals surface area contributed by atoms with E-state index in [0.29, 0.717) is 0 Å². The van der Waals surface area contributed by atoms with Crippen molar-refractivity contribution in [2.45, 2.75) is 110 Å². The number of likely N-dealkylation sites (tertiary alicyclic amines) is 1. The quantitative estimate of drug-likeness (QED) is 0.305. The zero-order valence-electron chi connectivity index (χ0n) is 27.1. The molecule has 0 unspecified atom stereocenters. The van der Waals surface area contributed by atoms with Gasteiger partial charge in [-0.1, -0.05) is 42.5 Å². The van der Waals surface area contributed by atoms with Crippen LogP contribution < -0.4 is 0 Å². The van der Waals surface area contributed by atoms with Crippen LogP contribution in [0.4, 0.5) is 10.5 Å². The van der Waals surface area contributed by atoms with Crippen molar-refractivity contribution in [2.75, 3.05) is 6.54 Å². The van der Waals surface area contributed by atoms with Crippen LogP contribution in [0.5, 0.6) is 0 Å². The molecule has 0 bridgehead atoms. The Bertz CT molecular complexity index is 1660. The number of carbonyl (C=O) groups excluding carboxylic acids is 1. The van der Waals surface area contributed by atoms with E-state index < -0.39 is 5.60 Å². The molecule has 44 heavy (non-hydrogen) atoms. The highest BCUT2D eigenvalue weighted by Crippen LogP contribution is 2.46. The average molecular weight is 593 g/mol. The van der Waals surface area contributed by atoms with Crippen molar-refractivity contribution in [3.63, 3.8) is 0 Å². The number of fused-ring (bicyclic) bond motifs is 4. The Morgan fingerprint density at radius 3 is 2.16 bits per heavy atom. The molecule has 1 amide bonds. The van der Waals surface area contributed by atoms with Gasteiger partial charge in [-0.25, -0.2) is 4.79 Å². The number of nitrogens with zero attached hydrogens (tertiary/aromatic N) is 2. The van der Waals surface area contributed by atoms with Crippen molar-refractivity contribution < 1.29 is 19.0 Å². The van der Waals surface area contributed by atoms with Gasteiger partial charge >= 0.3 is 6.09 Å². The summed E-state index contributed by atoms with van der Waals surface area (Å²) < 4.78 is 18.3. The normalized spacial score (nSPS) is 21.9. The first-order valence-corrected chi connectivity index (χ1v) is 16.1. The van der Waals surface area contributed by atoms with Crippen LogP contribution in [-0.4, -0.2) is 46.1 Å². The van der Waals surface area contributed by atoms with Gasteiger partial charge in [0.05, 0.1) is 22.9 Å². The van der Waals surface area contributed by atoms with Gasteiger partial charge < -0.3 is 14.2 Å². The molecule has 4 aliphatic rings. The number of aliphatic imine (C=N–C) groups is 1. The molecule has 0 spiro atoms. The number of amides is 1. The van der Waals surface area contributed by atoms with Crippen LogP contribution in [0.1, 0.15) is 89.9 Å². The molecular weight excluding hydrogens is 548 g/mol. The minimum Gasteiger partial charge on any atom is -0.444 e. The fourth-order valence-corrected chi connectivity index (χ4v) is 6.97. The second-order valence-corrected chi connectivity index (χ2v) is 14.8. The van der Waals surface area contributed by atoms with Crippen LogP contribution in [0.25, 0.3) is 22.3 Å². The number of hydrogen-bond acceptors (Lipinski definition) is 5. The molecule has 1 atom stereocenters. The highest BCUT2D eigenvalue weighted by molar-refractivity contribution is 6.00. The second kappa shape index (κ2) is 10.3. The van der Waals surface area contributed by atoms with Crippen LogP contribution in [0.3, 0.4) is 0 Å². The standard InChI is InChI=1S/C38H44N2O4/c1-36(2,3)44-35(41)40-18-8-9-33(40)32-22-28-20-24(14-17-31(28)39-32)23-12-15-29-25(19-23)10-11-26-21-27(13-16-30(26)29)34-42-37(4,5)38(6,7)43-34/h12-17,19-21,33-34H,8-11,18,22H2,1-7H3/t33-/m0/s1. The van der Waals surface area contributed by atoms with Crippen molar-refractivity contribution in [3.05, 3.63) is 76.9 Å². The first-order valence-electron chi connectivity index (χ1n) is 16.1. The molecule has 3 aliphatic heterocycles. The zero-order chi connectivity index (χ0) is 31.0. The Balaban J connectivity index is 1.08. The average Bonchev–Trinajstić information content (AvgIpc) is 3.66. The Hall–Kier alpha value is -3.48. The van der Waals surface area contributed by atoms with Crippen molar-refractivity contribution in [2.24, 2.45) is 4.99 Å². The van der Waals surface area contributed by atoms with Crippen LogP contribution in [0, 0.1) is 0 Å². The monoisotopic (exact) mass is 592 g/mol. The summed E-state index contributed by atoms with van der Waals surface area (Å²) in [5, 5.41) is 0. The van der Waals surface area contributed by atoms with Crippen molar-refractivity contribution >= 4 is 17.5 Å². The number of aryl methyl sites for hydroxylation is 2. The third kappa shape index (κ3) is 5.16. The van der Waals surface area contributed by atoms with E-state index in [1.165, 1.54) is 38.9 Å². The number of hydrogen-bond donors (Lipinski definition) is 0. The summed E-state index contributed by atoms with van der Waals surface area (Å²) in [6.45, 7) is 14.9. The number of benzene rings is 3. The largest absolute Gasteiger partial charge is 0.444 e. The Morgan fingerprint density at radius 2 is 1.48 bits per heavy atom. The Kier molecular flexibility index (Phi) is 6.83. The fourth-order valence-electron chi connectivity index (χ4n) is 6.97. The molecule has 6 heteroatoms. The van der Waals surface area contributed by atoms with E-state index >= 15 is 0 Å². The maximum absolute atomic E-state index is 12.9. The van der Waals surface area contributed by atoms with E-state index in [0.717, 1.165) is 55.6 Å². The molecule has 0 saturated carbocycles. The molecule has 0 N–H and O–H groups in total. The first kappa shape index (κ1) is 29.2. The number of ether oxygens (including phenoxy) is 3. The van der Waals surface area contributed by atoms with E-state index in [2.05, 4.69) is 82.3 Å². The highest BCUT2D eigenvalue weighted by Gasteiger charge is 2.49. The van der Waals surface area contributed by atoms with E-state index in [1.807, 2.05) is 25.7 Å². The van der Waals surface area contributed by atoms with Gasteiger partial charge in [0.15, 0.2) is 6.29 Å². The summed E-state index contributed by atoms with van der Waals surface area (Å²) in [7, 11) is 0. The minimum atomic E-state index is -0.506. The van der Waals surface area contributed by atoms with Gasteiger partial charge in [-0.05, 0) is 125 Å².